The molecule has 2 fully saturated rings. The predicted molar refractivity (Wildman–Crippen MR) is 104 cm³/mol. The number of carbonyl (C=O) groups is 2. The molecule has 1 aromatic rings. The van der Waals surface area contributed by atoms with Crippen LogP contribution >= 0.6 is 0 Å². The maximum Gasteiger partial charge on any atom is 0.267 e. The molecule has 1 saturated heterocycles. The highest BCUT2D eigenvalue weighted by atomic mass is 16.5. The minimum Gasteiger partial charge on any atom is -0.396 e. The van der Waals surface area contributed by atoms with Crippen LogP contribution in [0.5, 0.6) is 0 Å². The molecule has 0 aromatic heterocycles. The molecule has 1 aliphatic carbocycles. The fourth-order valence-corrected chi connectivity index (χ4v) is 3.01. The first-order valence-electron chi connectivity index (χ1n) is 9.40. The third-order valence-corrected chi connectivity index (χ3v) is 4.86. The second-order valence-corrected chi connectivity index (χ2v) is 6.94. The van der Waals surface area contributed by atoms with E-state index in [1.807, 2.05) is 0 Å². The van der Waals surface area contributed by atoms with Crippen molar-refractivity contribution in [2.75, 3.05) is 26.4 Å². The number of hydrogen-bond donors (Lipinski definition) is 5. The fraction of sp³-hybridized carbons (Fsp3) is 0.429. The van der Waals surface area contributed by atoms with Gasteiger partial charge < -0.3 is 20.5 Å². The number of benzene rings is 1. The van der Waals surface area contributed by atoms with E-state index in [9.17, 15) is 9.59 Å². The number of rotatable bonds is 5. The van der Waals surface area contributed by atoms with Crippen LogP contribution in [0.1, 0.15) is 22.3 Å². The Morgan fingerprint density at radius 3 is 2.69 bits per heavy atom. The molecule has 0 radical (unpaired) electrons. The lowest BCUT2D eigenvalue weighted by Crippen LogP contribution is -2.60. The van der Waals surface area contributed by atoms with Gasteiger partial charge in [-0.1, -0.05) is 11.8 Å². The third kappa shape index (κ3) is 5.80. The summed E-state index contributed by atoms with van der Waals surface area (Å²) in [5, 5.41) is 23.7. The van der Waals surface area contributed by atoms with E-state index in [0.717, 1.165) is 6.42 Å². The van der Waals surface area contributed by atoms with Gasteiger partial charge in [0.05, 0.1) is 19.3 Å². The number of carbonyl (C=O) groups excluding carboxylic acids is 2. The summed E-state index contributed by atoms with van der Waals surface area (Å²) in [7, 11) is 0. The Hall–Kier alpha value is -2.88. The zero-order chi connectivity index (χ0) is 20.6. The molecule has 1 heterocycles. The molecule has 152 valence electrons. The normalized spacial score (nSPS) is 23.4. The number of nitrogens with one attached hydrogen (secondary N) is 3. The van der Waals surface area contributed by atoms with E-state index in [2.05, 4.69) is 34.3 Å². The quantitative estimate of drug-likeness (QED) is 0.254. The maximum absolute atomic E-state index is 12.5. The van der Waals surface area contributed by atoms with Crippen LogP contribution in [0.3, 0.4) is 0 Å². The van der Waals surface area contributed by atoms with Crippen LogP contribution in [-0.4, -0.2) is 60.6 Å². The minimum absolute atomic E-state index is 0.168. The van der Waals surface area contributed by atoms with Crippen molar-refractivity contribution >= 4 is 11.8 Å². The molecule has 1 saturated carbocycles. The first kappa shape index (κ1) is 20.8. The van der Waals surface area contributed by atoms with Crippen LogP contribution < -0.4 is 16.1 Å². The highest BCUT2D eigenvalue weighted by Gasteiger charge is 2.34. The van der Waals surface area contributed by atoms with Gasteiger partial charge in [0.2, 0.25) is 0 Å². The largest absolute Gasteiger partial charge is 0.396 e. The molecule has 0 bridgehead atoms. The standard InChI is InChI=1S/C21H23N3O5/c25-12-17-11-16(17)4-2-1-3-14-5-7-15(8-6-14)20(26)23-19(21(27)24-28)18-13-29-10-9-22-18/h5-8,16-19,22,25,28H,9-13H2,(H,23,26)(H,24,27)/t16-,17+,18-,19+/m1/s1. The van der Waals surface area contributed by atoms with E-state index in [-0.39, 0.29) is 25.0 Å². The van der Waals surface area contributed by atoms with E-state index in [0.29, 0.717) is 24.3 Å². The molecule has 29 heavy (non-hydrogen) atoms. The van der Waals surface area contributed by atoms with Crippen LogP contribution in [0.4, 0.5) is 0 Å². The smallest absolute Gasteiger partial charge is 0.267 e. The Labute approximate surface area is 169 Å². The van der Waals surface area contributed by atoms with Gasteiger partial charge in [-0.3, -0.25) is 14.8 Å². The molecule has 1 aromatic carbocycles. The van der Waals surface area contributed by atoms with Crippen molar-refractivity contribution in [1.82, 2.24) is 16.1 Å². The number of morpholine rings is 1. The van der Waals surface area contributed by atoms with E-state index >= 15 is 0 Å². The van der Waals surface area contributed by atoms with Gasteiger partial charge in [-0.15, -0.1) is 0 Å². The predicted octanol–water partition coefficient (Wildman–Crippen LogP) is -0.738. The summed E-state index contributed by atoms with van der Waals surface area (Å²) in [5.41, 5.74) is 2.65. The van der Waals surface area contributed by atoms with Crippen molar-refractivity contribution in [2.24, 2.45) is 11.8 Å². The monoisotopic (exact) mass is 397 g/mol. The maximum atomic E-state index is 12.5. The van der Waals surface area contributed by atoms with Crippen LogP contribution in [0, 0.1) is 35.5 Å². The summed E-state index contributed by atoms with van der Waals surface area (Å²) >= 11 is 0. The van der Waals surface area contributed by atoms with Gasteiger partial charge in [0.15, 0.2) is 0 Å². The zero-order valence-electron chi connectivity index (χ0n) is 15.8. The lowest BCUT2D eigenvalue weighted by molar-refractivity contribution is -0.132. The Balaban J connectivity index is 1.59. The van der Waals surface area contributed by atoms with Gasteiger partial charge in [-0.2, -0.15) is 0 Å². The van der Waals surface area contributed by atoms with Crippen molar-refractivity contribution < 1.29 is 24.6 Å². The molecule has 8 heteroatoms. The Kier molecular flexibility index (Phi) is 7.23. The lowest BCUT2D eigenvalue weighted by Gasteiger charge is -2.30. The van der Waals surface area contributed by atoms with Crippen LogP contribution in [-0.2, 0) is 9.53 Å². The molecule has 2 aliphatic rings. The average Bonchev–Trinajstić information content (AvgIpc) is 3.54. The number of hydroxylamine groups is 1. The molecule has 1 aliphatic heterocycles. The fourth-order valence-electron chi connectivity index (χ4n) is 3.01. The molecule has 2 amide bonds. The van der Waals surface area contributed by atoms with Crippen molar-refractivity contribution in [3.8, 4) is 23.7 Å². The minimum atomic E-state index is -0.979. The summed E-state index contributed by atoms with van der Waals surface area (Å²) in [6, 6.07) is 5.18. The third-order valence-electron chi connectivity index (χ3n) is 4.86. The van der Waals surface area contributed by atoms with Crippen molar-refractivity contribution in [2.45, 2.75) is 18.5 Å². The van der Waals surface area contributed by atoms with Gasteiger partial charge in [0.25, 0.3) is 11.8 Å². The first-order valence-corrected chi connectivity index (χ1v) is 9.40. The topological polar surface area (TPSA) is 120 Å². The number of hydrogen-bond acceptors (Lipinski definition) is 6. The summed E-state index contributed by atoms with van der Waals surface area (Å²) in [6.45, 7) is 1.48. The molecule has 0 spiro atoms. The van der Waals surface area contributed by atoms with Gasteiger partial charge in [0, 0.05) is 30.2 Å². The molecular formula is C21H23N3O5. The molecule has 8 nitrogen and oxygen atoms in total. The van der Waals surface area contributed by atoms with Gasteiger partial charge in [-0.05, 0) is 48.4 Å². The summed E-state index contributed by atoms with van der Waals surface area (Å²) < 4.78 is 5.32. The lowest BCUT2D eigenvalue weighted by atomic mass is 10.1. The van der Waals surface area contributed by atoms with E-state index in [4.69, 9.17) is 15.1 Å². The number of aliphatic hydroxyl groups is 1. The summed E-state index contributed by atoms with van der Waals surface area (Å²) in [5.74, 6) is 10.8. The Morgan fingerprint density at radius 1 is 1.28 bits per heavy atom. The number of aliphatic hydroxyl groups excluding tert-OH is 1. The van der Waals surface area contributed by atoms with Gasteiger partial charge >= 0.3 is 0 Å². The molecule has 3 rings (SSSR count). The zero-order valence-corrected chi connectivity index (χ0v) is 15.8. The van der Waals surface area contributed by atoms with Crippen molar-refractivity contribution in [1.29, 1.82) is 0 Å². The van der Waals surface area contributed by atoms with E-state index in [1.165, 1.54) is 0 Å². The molecular weight excluding hydrogens is 374 g/mol. The van der Waals surface area contributed by atoms with Gasteiger partial charge in [0.1, 0.15) is 6.04 Å². The number of amides is 2. The summed E-state index contributed by atoms with van der Waals surface area (Å²) in [4.78, 5) is 24.5. The highest BCUT2D eigenvalue weighted by Crippen LogP contribution is 2.36. The summed E-state index contributed by atoms with van der Waals surface area (Å²) in [6.07, 6.45) is 0.923. The second kappa shape index (κ2) is 10.1. The van der Waals surface area contributed by atoms with Crippen LogP contribution in [0.15, 0.2) is 24.3 Å². The number of ether oxygens (including phenoxy) is 1. The van der Waals surface area contributed by atoms with Crippen molar-refractivity contribution in [3.63, 3.8) is 0 Å². The highest BCUT2D eigenvalue weighted by molar-refractivity contribution is 5.97. The second-order valence-electron chi connectivity index (χ2n) is 6.94. The Bertz CT molecular complexity index is 856. The van der Waals surface area contributed by atoms with E-state index in [1.54, 1.807) is 29.7 Å². The van der Waals surface area contributed by atoms with Crippen LogP contribution in [0.25, 0.3) is 0 Å². The van der Waals surface area contributed by atoms with E-state index < -0.39 is 23.9 Å². The Morgan fingerprint density at radius 2 is 2.07 bits per heavy atom. The molecule has 0 unspecified atom stereocenters. The first-order chi connectivity index (χ1) is 14.1. The van der Waals surface area contributed by atoms with Gasteiger partial charge in [-0.25, -0.2) is 5.48 Å². The van der Waals surface area contributed by atoms with Crippen molar-refractivity contribution in [3.05, 3.63) is 35.4 Å². The SMILES string of the molecule is O=C(N[C@H](C(=O)NO)[C@H]1COCCN1)c1ccc(C#CC#C[C@@H]2C[C@H]2CO)cc1. The molecule has 5 N–H and O–H groups in total. The molecule has 4 atom stereocenters. The van der Waals surface area contributed by atoms with Crippen LogP contribution in [0.2, 0.25) is 0 Å². The average molecular weight is 397 g/mol.